The van der Waals surface area contributed by atoms with E-state index in [0.29, 0.717) is 25.1 Å². The summed E-state index contributed by atoms with van der Waals surface area (Å²) in [6.07, 6.45) is 8.08. The Morgan fingerprint density at radius 2 is 1.60 bits per heavy atom. The van der Waals surface area contributed by atoms with Crippen molar-refractivity contribution in [2.75, 3.05) is 26.7 Å². The molecule has 0 spiro atoms. The van der Waals surface area contributed by atoms with E-state index in [4.69, 9.17) is 0 Å². The van der Waals surface area contributed by atoms with Crippen molar-refractivity contribution in [3.63, 3.8) is 0 Å². The predicted molar refractivity (Wildman–Crippen MR) is 169 cm³/mol. The summed E-state index contributed by atoms with van der Waals surface area (Å²) in [5.74, 6) is -0.494. The SMILES string of the molecule is CCCCNC(=O)[C@@H]1CCCN1C(=O)C(C)=CC(C(C)C)N(C)C(=O)[C@@H](NC(=O)[C@H]1CCCCN1C(C)C)C(C)(C)C. The summed E-state index contributed by atoms with van der Waals surface area (Å²) in [5.41, 5.74) is 0.00949. The zero-order valence-corrected chi connectivity index (χ0v) is 28.1. The lowest BCUT2D eigenvalue weighted by Crippen LogP contribution is -2.60. The smallest absolute Gasteiger partial charge is 0.249 e. The van der Waals surface area contributed by atoms with E-state index in [1.165, 1.54) is 0 Å². The highest BCUT2D eigenvalue weighted by atomic mass is 16.2. The molecule has 0 saturated carbocycles. The molecule has 0 aliphatic carbocycles. The van der Waals surface area contributed by atoms with Gasteiger partial charge < -0.3 is 20.4 Å². The van der Waals surface area contributed by atoms with Gasteiger partial charge in [-0.1, -0.05) is 60.5 Å². The summed E-state index contributed by atoms with van der Waals surface area (Å²) < 4.78 is 0. The van der Waals surface area contributed by atoms with Crippen LogP contribution in [0.1, 0.15) is 107 Å². The first kappa shape index (κ1) is 35.8. The molecule has 4 atom stereocenters. The van der Waals surface area contributed by atoms with Gasteiger partial charge >= 0.3 is 0 Å². The normalized spacial score (nSPS) is 21.8. The molecule has 2 aliphatic heterocycles. The number of nitrogens with zero attached hydrogens (tertiary/aromatic N) is 3. The Bertz CT molecular complexity index is 970. The van der Waals surface area contributed by atoms with Crippen molar-refractivity contribution < 1.29 is 19.2 Å². The van der Waals surface area contributed by atoms with E-state index in [9.17, 15) is 19.2 Å². The Morgan fingerprint density at radius 3 is 2.17 bits per heavy atom. The van der Waals surface area contributed by atoms with Crippen LogP contribution in [0.15, 0.2) is 11.6 Å². The third kappa shape index (κ3) is 9.29. The first-order valence-corrected chi connectivity index (χ1v) is 16.2. The number of hydrogen-bond acceptors (Lipinski definition) is 5. The number of hydrogen-bond donors (Lipinski definition) is 2. The standard InChI is InChI=1S/C33H59N5O4/c1-11-12-18-34-29(39)25-17-15-20-38(25)31(41)24(6)21-27(22(2)3)36(10)32(42)28(33(7,8)9)35-30(40)26-16-13-14-19-37(26)23(4)5/h21-23,25-28H,11-20H2,1-10H3,(H,34,39)(H,35,40)/t25-,26+,27?,28+/m0/s1. The summed E-state index contributed by atoms with van der Waals surface area (Å²) in [6.45, 7) is 20.1. The van der Waals surface area contributed by atoms with Gasteiger partial charge in [0, 0.05) is 31.8 Å². The molecule has 0 aromatic carbocycles. The zero-order valence-electron chi connectivity index (χ0n) is 28.1. The van der Waals surface area contributed by atoms with Crippen LogP contribution in [0.2, 0.25) is 0 Å². The van der Waals surface area contributed by atoms with Crippen LogP contribution in [-0.2, 0) is 19.2 Å². The number of piperidine rings is 1. The number of rotatable bonds is 12. The second kappa shape index (κ2) is 15.9. The molecule has 2 N–H and O–H groups in total. The largest absolute Gasteiger partial charge is 0.354 e. The topological polar surface area (TPSA) is 102 Å². The van der Waals surface area contributed by atoms with Crippen LogP contribution < -0.4 is 10.6 Å². The van der Waals surface area contributed by atoms with Gasteiger partial charge in [0.1, 0.15) is 12.1 Å². The highest BCUT2D eigenvalue weighted by molar-refractivity contribution is 5.97. The van der Waals surface area contributed by atoms with E-state index in [1.807, 2.05) is 40.7 Å². The van der Waals surface area contributed by atoms with Crippen LogP contribution in [-0.4, -0.2) is 95.2 Å². The van der Waals surface area contributed by atoms with Crippen molar-refractivity contribution in [2.45, 2.75) is 137 Å². The van der Waals surface area contributed by atoms with Crippen LogP contribution in [0, 0.1) is 11.3 Å². The molecular weight excluding hydrogens is 530 g/mol. The first-order valence-electron chi connectivity index (χ1n) is 16.2. The van der Waals surface area contributed by atoms with Gasteiger partial charge in [-0.05, 0) is 70.8 Å². The minimum atomic E-state index is -0.716. The Labute approximate surface area is 255 Å². The Morgan fingerprint density at radius 1 is 0.952 bits per heavy atom. The minimum absolute atomic E-state index is 0.0273. The molecular formula is C33H59N5O4. The summed E-state index contributed by atoms with van der Waals surface area (Å²) in [4.78, 5) is 59.6. The van der Waals surface area contributed by atoms with Crippen molar-refractivity contribution in [2.24, 2.45) is 11.3 Å². The van der Waals surface area contributed by atoms with Crippen LogP contribution in [0.25, 0.3) is 0 Å². The average molecular weight is 590 g/mol. The Kier molecular flexibility index (Phi) is 13.5. The van der Waals surface area contributed by atoms with Crippen molar-refractivity contribution in [3.05, 3.63) is 11.6 Å². The monoisotopic (exact) mass is 589 g/mol. The van der Waals surface area contributed by atoms with E-state index in [0.717, 1.165) is 45.1 Å². The quantitative estimate of drug-likeness (QED) is 0.264. The maximum atomic E-state index is 14.1. The maximum Gasteiger partial charge on any atom is 0.249 e. The van der Waals surface area contributed by atoms with Gasteiger partial charge in [0.15, 0.2) is 0 Å². The zero-order chi connectivity index (χ0) is 31.8. The van der Waals surface area contributed by atoms with E-state index < -0.39 is 17.5 Å². The Hall–Kier alpha value is -2.42. The van der Waals surface area contributed by atoms with Gasteiger partial charge in [0.05, 0.1) is 12.1 Å². The molecule has 2 saturated heterocycles. The number of nitrogens with one attached hydrogen (secondary N) is 2. The highest BCUT2D eigenvalue weighted by Crippen LogP contribution is 2.26. The number of amides is 4. The van der Waals surface area contributed by atoms with E-state index in [-0.39, 0.29) is 47.7 Å². The molecule has 9 heteroatoms. The van der Waals surface area contributed by atoms with Crippen molar-refractivity contribution in [1.82, 2.24) is 25.3 Å². The lowest BCUT2D eigenvalue weighted by Gasteiger charge is -2.41. The van der Waals surface area contributed by atoms with Gasteiger partial charge in [0.25, 0.3) is 0 Å². The number of carbonyl (C=O) groups is 4. The van der Waals surface area contributed by atoms with Crippen LogP contribution in [0.4, 0.5) is 0 Å². The second-order valence-corrected chi connectivity index (χ2v) is 14.0. The summed E-state index contributed by atoms with van der Waals surface area (Å²) in [7, 11) is 1.76. The lowest BCUT2D eigenvalue weighted by atomic mass is 9.84. The fraction of sp³-hybridized carbons (Fsp3) is 0.818. The van der Waals surface area contributed by atoms with Gasteiger partial charge in [-0.15, -0.1) is 0 Å². The minimum Gasteiger partial charge on any atom is -0.354 e. The molecule has 240 valence electrons. The molecule has 0 aromatic rings. The molecule has 42 heavy (non-hydrogen) atoms. The van der Waals surface area contributed by atoms with E-state index >= 15 is 0 Å². The van der Waals surface area contributed by atoms with Crippen molar-refractivity contribution in [1.29, 1.82) is 0 Å². The first-order chi connectivity index (χ1) is 19.6. The molecule has 2 heterocycles. The highest BCUT2D eigenvalue weighted by Gasteiger charge is 2.40. The molecule has 0 aromatic heterocycles. The average Bonchev–Trinajstić information content (AvgIpc) is 3.42. The van der Waals surface area contributed by atoms with E-state index in [1.54, 1.807) is 23.8 Å². The van der Waals surface area contributed by atoms with Crippen molar-refractivity contribution in [3.8, 4) is 0 Å². The Balaban J connectivity index is 2.23. The van der Waals surface area contributed by atoms with Crippen LogP contribution >= 0.6 is 0 Å². The van der Waals surface area contributed by atoms with Crippen molar-refractivity contribution >= 4 is 23.6 Å². The molecule has 2 fully saturated rings. The van der Waals surface area contributed by atoms with Crippen LogP contribution in [0.5, 0.6) is 0 Å². The molecule has 9 nitrogen and oxygen atoms in total. The van der Waals surface area contributed by atoms with Gasteiger partial charge in [-0.25, -0.2) is 0 Å². The molecule has 0 radical (unpaired) electrons. The van der Waals surface area contributed by atoms with Gasteiger partial charge in [-0.3, -0.25) is 24.1 Å². The number of likely N-dealkylation sites (N-methyl/N-ethyl adjacent to an activating group) is 1. The maximum absolute atomic E-state index is 14.1. The van der Waals surface area contributed by atoms with E-state index in [2.05, 4.69) is 36.3 Å². The molecule has 0 bridgehead atoms. The summed E-state index contributed by atoms with van der Waals surface area (Å²) >= 11 is 0. The number of carbonyl (C=O) groups excluding carboxylic acids is 4. The molecule has 2 aliphatic rings. The molecule has 4 amide bonds. The third-order valence-corrected chi connectivity index (χ3v) is 8.79. The third-order valence-electron chi connectivity index (χ3n) is 8.79. The fourth-order valence-corrected chi connectivity index (χ4v) is 6.19. The fourth-order valence-electron chi connectivity index (χ4n) is 6.19. The second-order valence-electron chi connectivity index (χ2n) is 14.0. The van der Waals surface area contributed by atoms with Gasteiger partial charge in [-0.2, -0.15) is 0 Å². The molecule has 1 unspecified atom stereocenters. The van der Waals surface area contributed by atoms with Gasteiger partial charge in [0.2, 0.25) is 23.6 Å². The molecule has 2 rings (SSSR count). The lowest BCUT2D eigenvalue weighted by molar-refractivity contribution is -0.142. The summed E-state index contributed by atoms with van der Waals surface area (Å²) in [5, 5.41) is 6.11. The van der Waals surface area contributed by atoms with Crippen LogP contribution in [0.3, 0.4) is 0 Å². The predicted octanol–water partition coefficient (Wildman–Crippen LogP) is 4.12. The number of unbranched alkanes of at least 4 members (excludes halogenated alkanes) is 1. The summed E-state index contributed by atoms with van der Waals surface area (Å²) in [6, 6.07) is -1.52. The number of likely N-dealkylation sites (tertiary alicyclic amines) is 2.